The van der Waals surface area contributed by atoms with Crippen LogP contribution >= 0.6 is 21.8 Å². The van der Waals surface area contributed by atoms with Crippen molar-refractivity contribution < 1.29 is 0 Å². The highest BCUT2D eigenvalue weighted by molar-refractivity contribution is 8.78. The van der Waals surface area contributed by atoms with E-state index in [1.807, 2.05) is 18.2 Å². The first-order valence-corrected chi connectivity index (χ1v) is 5.48. The monoisotopic (exact) mass is 181 g/mol. The molecule has 11 heavy (non-hydrogen) atoms. The SMILES string of the molecule is C1=CN(c2ccccc2)SS1. The van der Waals surface area contributed by atoms with Gasteiger partial charge in [-0.15, -0.1) is 0 Å². The third-order valence-corrected chi connectivity index (χ3v) is 3.27. The van der Waals surface area contributed by atoms with Gasteiger partial charge >= 0.3 is 0 Å². The van der Waals surface area contributed by atoms with E-state index < -0.39 is 0 Å². The summed E-state index contributed by atoms with van der Waals surface area (Å²) in [5.41, 5.74) is 1.23. The van der Waals surface area contributed by atoms with E-state index in [1.54, 1.807) is 21.8 Å². The van der Waals surface area contributed by atoms with E-state index in [0.717, 1.165) is 0 Å². The molecule has 1 nitrogen and oxygen atoms in total. The number of benzene rings is 1. The standard InChI is InChI=1S/C8H7NS2/c1-2-4-8(5-3-1)9-6-7-10-11-9/h1-7H. The van der Waals surface area contributed by atoms with Crippen molar-refractivity contribution in [3.8, 4) is 0 Å². The lowest BCUT2D eigenvalue weighted by Crippen LogP contribution is -1.98. The first-order chi connectivity index (χ1) is 5.47. The topological polar surface area (TPSA) is 3.24 Å². The summed E-state index contributed by atoms with van der Waals surface area (Å²) >= 11 is 0. The number of para-hydroxylation sites is 1. The molecule has 1 aromatic carbocycles. The lowest BCUT2D eigenvalue weighted by Gasteiger charge is -2.11. The van der Waals surface area contributed by atoms with E-state index in [-0.39, 0.29) is 0 Å². The molecule has 0 atom stereocenters. The van der Waals surface area contributed by atoms with Gasteiger partial charge in [0, 0.05) is 22.6 Å². The summed E-state index contributed by atoms with van der Waals surface area (Å²) in [5.74, 6) is 0. The van der Waals surface area contributed by atoms with Crippen LogP contribution in [0.15, 0.2) is 41.9 Å². The summed E-state index contributed by atoms with van der Waals surface area (Å²) in [6, 6.07) is 10.3. The first-order valence-electron chi connectivity index (χ1n) is 3.31. The fraction of sp³-hybridized carbons (Fsp3) is 0. The minimum absolute atomic E-state index is 1.23. The fourth-order valence-corrected chi connectivity index (χ4v) is 2.57. The number of nitrogens with zero attached hydrogens (tertiary/aromatic N) is 1. The highest BCUT2D eigenvalue weighted by atomic mass is 33.1. The summed E-state index contributed by atoms with van der Waals surface area (Å²) in [4.78, 5) is 0. The molecule has 1 aliphatic heterocycles. The highest BCUT2D eigenvalue weighted by Crippen LogP contribution is 2.37. The molecule has 0 aromatic heterocycles. The minimum atomic E-state index is 1.23. The van der Waals surface area contributed by atoms with E-state index >= 15 is 0 Å². The average Bonchev–Trinajstić information content (AvgIpc) is 2.58. The molecule has 0 radical (unpaired) electrons. The van der Waals surface area contributed by atoms with Crippen molar-refractivity contribution in [2.75, 3.05) is 4.31 Å². The summed E-state index contributed by atoms with van der Waals surface area (Å²) in [6.07, 6.45) is 2.07. The van der Waals surface area contributed by atoms with Crippen molar-refractivity contribution in [1.82, 2.24) is 0 Å². The molecule has 1 heterocycles. The van der Waals surface area contributed by atoms with Crippen LogP contribution in [0.25, 0.3) is 0 Å². The molecule has 0 N–H and O–H groups in total. The maximum Gasteiger partial charge on any atom is 0.0526 e. The lowest BCUT2D eigenvalue weighted by molar-refractivity contribution is 1.47. The molecule has 0 bridgehead atoms. The Hall–Kier alpha value is -0.540. The summed E-state index contributed by atoms with van der Waals surface area (Å²) < 4.78 is 2.14. The second kappa shape index (κ2) is 3.24. The Balaban J connectivity index is 2.23. The third kappa shape index (κ3) is 1.54. The lowest BCUT2D eigenvalue weighted by atomic mass is 10.3. The van der Waals surface area contributed by atoms with Gasteiger partial charge in [0.2, 0.25) is 0 Å². The van der Waals surface area contributed by atoms with Gasteiger partial charge in [0.25, 0.3) is 0 Å². The molecule has 1 aliphatic rings. The zero-order valence-corrected chi connectivity index (χ0v) is 7.44. The van der Waals surface area contributed by atoms with Gasteiger partial charge in [0.05, 0.1) is 5.69 Å². The van der Waals surface area contributed by atoms with Crippen molar-refractivity contribution >= 4 is 27.5 Å². The Morgan fingerprint density at radius 3 is 2.55 bits per heavy atom. The molecular formula is C8H7NS2. The zero-order chi connectivity index (χ0) is 7.52. The van der Waals surface area contributed by atoms with Gasteiger partial charge in [-0.2, -0.15) is 0 Å². The Bertz CT molecular complexity index is 258. The van der Waals surface area contributed by atoms with Gasteiger partial charge in [0.1, 0.15) is 0 Å². The van der Waals surface area contributed by atoms with Crippen molar-refractivity contribution in [1.29, 1.82) is 0 Å². The molecule has 0 amide bonds. The number of hydrogen-bond donors (Lipinski definition) is 0. The molecular weight excluding hydrogens is 174 g/mol. The normalized spacial score (nSPS) is 15.8. The molecule has 0 fully saturated rings. The number of anilines is 1. The first kappa shape index (κ1) is 7.13. The van der Waals surface area contributed by atoms with Gasteiger partial charge in [0.15, 0.2) is 0 Å². The third-order valence-electron chi connectivity index (χ3n) is 1.39. The summed E-state index contributed by atoms with van der Waals surface area (Å²) in [7, 11) is 3.47. The quantitative estimate of drug-likeness (QED) is 0.483. The zero-order valence-electron chi connectivity index (χ0n) is 5.81. The highest BCUT2D eigenvalue weighted by Gasteiger charge is 2.06. The van der Waals surface area contributed by atoms with Gasteiger partial charge in [-0.3, -0.25) is 4.31 Å². The Labute approximate surface area is 74.0 Å². The predicted octanol–water partition coefficient (Wildman–Crippen LogP) is 3.27. The average molecular weight is 181 g/mol. The molecule has 2 rings (SSSR count). The molecule has 0 aliphatic carbocycles. The van der Waals surface area contributed by atoms with E-state index in [9.17, 15) is 0 Å². The fourth-order valence-electron chi connectivity index (χ4n) is 0.880. The second-order valence-corrected chi connectivity index (χ2v) is 4.15. The maximum absolute atomic E-state index is 2.14. The second-order valence-electron chi connectivity index (χ2n) is 2.12. The maximum atomic E-state index is 2.14. The number of hydrogen-bond acceptors (Lipinski definition) is 3. The van der Waals surface area contributed by atoms with Gasteiger partial charge in [-0.1, -0.05) is 18.2 Å². The van der Waals surface area contributed by atoms with Crippen LogP contribution in [0.3, 0.4) is 0 Å². The molecule has 3 heteroatoms. The summed E-state index contributed by atoms with van der Waals surface area (Å²) in [5, 5.41) is 2.08. The van der Waals surface area contributed by atoms with E-state index in [4.69, 9.17) is 0 Å². The van der Waals surface area contributed by atoms with E-state index in [1.165, 1.54) is 5.69 Å². The van der Waals surface area contributed by atoms with Crippen LogP contribution in [-0.2, 0) is 0 Å². The van der Waals surface area contributed by atoms with Crippen molar-refractivity contribution in [2.45, 2.75) is 0 Å². The number of rotatable bonds is 1. The molecule has 0 spiro atoms. The molecule has 1 aromatic rings. The molecule has 0 saturated heterocycles. The van der Waals surface area contributed by atoms with Crippen LogP contribution in [0.2, 0.25) is 0 Å². The van der Waals surface area contributed by atoms with Gasteiger partial charge in [-0.25, -0.2) is 0 Å². The van der Waals surface area contributed by atoms with Crippen LogP contribution in [0.5, 0.6) is 0 Å². The summed E-state index contributed by atoms with van der Waals surface area (Å²) in [6.45, 7) is 0. The van der Waals surface area contributed by atoms with Gasteiger partial charge in [-0.05, 0) is 22.9 Å². The Morgan fingerprint density at radius 2 is 1.91 bits per heavy atom. The van der Waals surface area contributed by atoms with Gasteiger partial charge < -0.3 is 0 Å². The van der Waals surface area contributed by atoms with Crippen molar-refractivity contribution in [3.63, 3.8) is 0 Å². The predicted molar refractivity (Wildman–Crippen MR) is 53.2 cm³/mol. The smallest absolute Gasteiger partial charge is 0.0526 e. The Morgan fingerprint density at radius 1 is 1.09 bits per heavy atom. The van der Waals surface area contributed by atoms with Crippen LogP contribution < -0.4 is 4.31 Å². The van der Waals surface area contributed by atoms with Crippen LogP contribution in [0, 0.1) is 0 Å². The van der Waals surface area contributed by atoms with E-state index in [2.05, 4.69) is 28.0 Å². The van der Waals surface area contributed by atoms with Crippen LogP contribution in [-0.4, -0.2) is 0 Å². The van der Waals surface area contributed by atoms with Crippen LogP contribution in [0.1, 0.15) is 0 Å². The minimum Gasteiger partial charge on any atom is -0.282 e. The largest absolute Gasteiger partial charge is 0.282 e. The molecule has 0 saturated carbocycles. The van der Waals surface area contributed by atoms with Crippen molar-refractivity contribution in [3.05, 3.63) is 41.9 Å². The molecule has 56 valence electrons. The van der Waals surface area contributed by atoms with Crippen LogP contribution in [0.4, 0.5) is 5.69 Å². The van der Waals surface area contributed by atoms with Crippen molar-refractivity contribution in [2.24, 2.45) is 0 Å². The Kier molecular flexibility index (Phi) is 2.10. The molecule has 0 unspecified atom stereocenters. The van der Waals surface area contributed by atoms with E-state index in [0.29, 0.717) is 0 Å².